The van der Waals surface area contributed by atoms with E-state index < -0.39 is 0 Å². The van der Waals surface area contributed by atoms with Crippen molar-refractivity contribution in [3.63, 3.8) is 0 Å². The number of hydrogen-bond acceptors (Lipinski definition) is 2. The molecule has 1 fully saturated rings. The zero-order valence-electron chi connectivity index (χ0n) is 12.6. The van der Waals surface area contributed by atoms with Crippen LogP contribution in [0.3, 0.4) is 0 Å². The van der Waals surface area contributed by atoms with Gasteiger partial charge in [0.25, 0.3) is 0 Å². The summed E-state index contributed by atoms with van der Waals surface area (Å²) in [4.78, 5) is 14.5. The Balaban J connectivity index is 1.81. The molecule has 1 aromatic carbocycles. The minimum absolute atomic E-state index is 0.0676. The van der Waals surface area contributed by atoms with Crippen molar-refractivity contribution in [3.8, 4) is 0 Å². The van der Waals surface area contributed by atoms with Gasteiger partial charge < -0.3 is 4.90 Å². The highest BCUT2D eigenvalue weighted by Gasteiger charge is 2.17. The van der Waals surface area contributed by atoms with Gasteiger partial charge in [-0.1, -0.05) is 48.5 Å². The molecular weight excluding hydrogens is 305 g/mol. The summed E-state index contributed by atoms with van der Waals surface area (Å²) >= 11 is 12.0. The van der Waals surface area contributed by atoms with Gasteiger partial charge in [0.2, 0.25) is 0 Å². The molecule has 1 aromatic rings. The van der Waals surface area contributed by atoms with Gasteiger partial charge in [-0.05, 0) is 37.9 Å². The summed E-state index contributed by atoms with van der Waals surface area (Å²) in [5, 5.41) is 0.817. The summed E-state index contributed by atoms with van der Waals surface area (Å²) in [6.07, 6.45) is 7.25. The number of halogens is 2. The summed E-state index contributed by atoms with van der Waals surface area (Å²) in [5.74, 6) is 0.867. The Labute approximate surface area is 137 Å². The SMILES string of the molecule is CN(CCC(=O)c1cccc(Cl)c1Cl)CC1CCCCC1. The quantitative estimate of drug-likeness (QED) is 0.679. The van der Waals surface area contributed by atoms with Crippen molar-refractivity contribution in [2.45, 2.75) is 38.5 Å². The molecule has 1 saturated carbocycles. The number of hydrogen-bond donors (Lipinski definition) is 0. The van der Waals surface area contributed by atoms with E-state index in [1.165, 1.54) is 32.1 Å². The summed E-state index contributed by atoms with van der Waals surface area (Å²) in [6, 6.07) is 5.22. The molecule has 2 rings (SSSR count). The van der Waals surface area contributed by atoms with Crippen LogP contribution < -0.4 is 0 Å². The minimum atomic E-state index is 0.0676. The molecule has 116 valence electrons. The van der Waals surface area contributed by atoms with E-state index in [4.69, 9.17) is 23.2 Å². The van der Waals surface area contributed by atoms with Gasteiger partial charge in [0, 0.05) is 25.1 Å². The van der Waals surface area contributed by atoms with Crippen molar-refractivity contribution in [3.05, 3.63) is 33.8 Å². The normalized spacial score (nSPS) is 16.4. The standard InChI is InChI=1S/C17H23Cl2NO/c1-20(12-13-6-3-2-4-7-13)11-10-16(21)14-8-5-9-15(18)17(14)19/h5,8-9,13H,2-4,6-7,10-12H2,1H3. The maximum atomic E-state index is 12.2. The minimum Gasteiger partial charge on any atom is -0.306 e. The van der Waals surface area contributed by atoms with Crippen LogP contribution >= 0.6 is 23.2 Å². The highest BCUT2D eigenvalue weighted by atomic mass is 35.5. The maximum absolute atomic E-state index is 12.2. The molecule has 0 unspecified atom stereocenters. The highest BCUT2D eigenvalue weighted by Crippen LogP contribution is 2.27. The van der Waals surface area contributed by atoms with Gasteiger partial charge in [-0.3, -0.25) is 4.79 Å². The summed E-state index contributed by atoms with van der Waals surface area (Å²) < 4.78 is 0. The Morgan fingerprint density at radius 3 is 2.67 bits per heavy atom. The Bertz CT molecular complexity index is 484. The molecule has 21 heavy (non-hydrogen) atoms. The van der Waals surface area contributed by atoms with Crippen molar-refractivity contribution < 1.29 is 4.79 Å². The van der Waals surface area contributed by atoms with Gasteiger partial charge in [-0.2, -0.15) is 0 Å². The first-order valence-corrected chi connectivity index (χ1v) is 8.49. The Hall–Kier alpha value is -0.570. The number of carbonyl (C=O) groups excluding carboxylic acids is 1. The van der Waals surface area contributed by atoms with E-state index in [-0.39, 0.29) is 5.78 Å². The lowest BCUT2D eigenvalue weighted by molar-refractivity contribution is 0.0964. The fraction of sp³-hybridized carbons (Fsp3) is 0.588. The van der Waals surface area contributed by atoms with Crippen LogP contribution in [0.25, 0.3) is 0 Å². The molecule has 0 bridgehead atoms. The first-order chi connectivity index (χ1) is 10.1. The largest absolute Gasteiger partial charge is 0.306 e. The number of ketones is 1. The van der Waals surface area contributed by atoms with Crippen LogP contribution in [0.5, 0.6) is 0 Å². The first kappa shape index (κ1) is 16.8. The van der Waals surface area contributed by atoms with Crippen molar-refractivity contribution in [2.75, 3.05) is 20.1 Å². The van der Waals surface area contributed by atoms with Crippen molar-refractivity contribution in [1.29, 1.82) is 0 Å². The smallest absolute Gasteiger partial charge is 0.165 e. The van der Waals surface area contributed by atoms with Crippen molar-refractivity contribution >= 4 is 29.0 Å². The van der Waals surface area contributed by atoms with Gasteiger partial charge in [0.1, 0.15) is 0 Å². The predicted molar refractivity (Wildman–Crippen MR) is 89.5 cm³/mol. The Morgan fingerprint density at radius 2 is 1.95 bits per heavy atom. The van der Waals surface area contributed by atoms with Gasteiger partial charge in [-0.15, -0.1) is 0 Å². The van der Waals surface area contributed by atoms with E-state index >= 15 is 0 Å². The fourth-order valence-corrected chi connectivity index (χ4v) is 3.45. The summed E-state index contributed by atoms with van der Waals surface area (Å²) in [6.45, 7) is 1.87. The van der Waals surface area contributed by atoms with Gasteiger partial charge in [-0.25, -0.2) is 0 Å². The highest BCUT2D eigenvalue weighted by molar-refractivity contribution is 6.43. The molecule has 0 saturated heterocycles. The van der Waals surface area contributed by atoms with Gasteiger partial charge >= 0.3 is 0 Å². The van der Waals surface area contributed by atoms with E-state index in [1.807, 2.05) is 0 Å². The third-order valence-corrected chi connectivity index (χ3v) is 5.09. The van der Waals surface area contributed by atoms with E-state index in [0.29, 0.717) is 22.0 Å². The number of benzene rings is 1. The average Bonchev–Trinajstić information content (AvgIpc) is 2.48. The van der Waals surface area contributed by atoms with Gasteiger partial charge in [0.05, 0.1) is 10.0 Å². The third kappa shape index (κ3) is 4.98. The van der Waals surface area contributed by atoms with Crippen LogP contribution in [0.4, 0.5) is 0 Å². The second kappa shape index (κ2) is 8.17. The molecule has 0 aromatic heterocycles. The molecule has 0 spiro atoms. The molecule has 0 aliphatic heterocycles. The van der Waals surface area contributed by atoms with Crippen molar-refractivity contribution in [1.82, 2.24) is 4.90 Å². The molecule has 0 heterocycles. The number of rotatable bonds is 6. The second-order valence-electron chi connectivity index (χ2n) is 6.04. The van der Waals surface area contributed by atoms with E-state index in [9.17, 15) is 4.79 Å². The summed E-state index contributed by atoms with van der Waals surface area (Å²) in [5.41, 5.74) is 0.537. The average molecular weight is 328 g/mol. The number of Topliss-reactive ketones (excluding diaryl/α,β-unsaturated/α-hetero) is 1. The Morgan fingerprint density at radius 1 is 1.24 bits per heavy atom. The van der Waals surface area contributed by atoms with Crippen molar-refractivity contribution in [2.24, 2.45) is 5.92 Å². The van der Waals surface area contributed by atoms with Crippen LogP contribution in [0, 0.1) is 5.92 Å². The zero-order chi connectivity index (χ0) is 15.2. The van der Waals surface area contributed by atoms with Crippen LogP contribution in [0.1, 0.15) is 48.9 Å². The van der Waals surface area contributed by atoms with Crippen LogP contribution in [-0.2, 0) is 0 Å². The topological polar surface area (TPSA) is 20.3 Å². The van der Waals surface area contributed by atoms with Gasteiger partial charge in [0.15, 0.2) is 5.78 Å². The maximum Gasteiger partial charge on any atom is 0.165 e. The molecule has 0 N–H and O–H groups in total. The summed E-state index contributed by atoms with van der Waals surface area (Å²) in [7, 11) is 2.10. The molecule has 1 aliphatic rings. The second-order valence-corrected chi connectivity index (χ2v) is 6.83. The zero-order valence-corrected chi connectivity index (χ0v) is 14.1. The predicted octanol–water partition coefficient (Wildman–Crippen LogP) is 5.08. The van der Waals surface area contributed by atoms with E-state index in [1.54, 1.807) is 18.2 Å². The van der Waals surface area contributed by atoms with Crippen LogP contribution in [-0.4, -0.2) is 30.8 Å². The van der Waals surface area contributed by atoms with E-state index in [0.717, 1.165) is 19.0 Å². The third-order valence-electron chi connectivity index (χ3n) is 4.27. The molecule has 2 nitrogen and oxygen atoms in total. The lowest BCUT2D eigenvalue weighted by Gasteiger charge is -2.26. The first-order valence-electron chi connectivity index (χ1n) is 7.73. The Kier molecular flexibility index (Phi) is 6.53. The molecular formula is C17H23Cl2NO. The lowest BCUT2D eigenvalue weighted by atomic mass is 9.89. The molecule has 4 heteroatoms. The van der Waals surface area contributed by atoms with E-state index in [2.05, 4.69) is 11.9 Å². The monoisotopic (exact) mass is 327 g/mol. The molecule has 0 atom stereocenters. The molecule has 1 aliphatic carbocycles. The molecule has 0 radical (unpaired) electrons. The number of nitrogens with zero attached hydrogens (tertiary/aromatic N) is 1. The lowest BCUT2D eigenvalue weighted by Crippen LogP contribution is -2.29. The van der Waals surface area contributed by atoms with Crippen LogP contribution in [0.2, 0.25) is 10.0 Å². The molecule has 0 amide bonds. The number of carbonyl (C=O) groups is 1. The van der Waals surface area contributed by atoms with Crippen LogP contribution in [0.15, 0.2) is 18.2 Å². The fourth-order valence-electron chi connectivity index (χ4n) is 3.05.